The average Bonchev–Trinajstić information content (AvgIpc) is 3.12. The number of phenolic OH excluding ortho intramolecular Hbond substituents is 1. The molecule has 0 unspecified atom stereocenters. The molecule has 0 spiro atoms. The highest BCUT2D eigenvalue weighted by Crippen LogP contribution is 2.29. The molecule has 0 fully saturated rings. The Hall–Kier alpha value is -4.73. The third-order valence-corrected chi connectivity index (χ3v) is 8.76. The first-order valence-corrected chi connectivity index (χ1v) is 18.6. The van der Waals surface area contributed by atoms with Gasteiger partial charge in [-0.15, -0.1) is 0 Å². The highest BCUT2D eigenvalue weighted by Gasteiger charge is 2.34. The molecule has 0 saturated heterocycles. The number of rotatable bonds is 21. The molecular weight excluding hydrogens is 724 g/mol. The Morgan fingerprint density at radius 1 is 0.673 bits per heavy atom. The van der Waals surface area contributed by atoms with Crippen molar-refractivity contribution in [3.8, 4) is 5.75 Å². The van der Waals surface area contributed by atoms with E-state index >= 15 is 0 Å². The zero-order valence-electron chi connectivity index (χ0n) is 32.7. The molecule has 2 rings (SSSR count). The Labute approximate surface area is 320 Å². The summed E-state index contributed by atoms with van der Waals surface area (Å²) in [5, 5.41) is 25.7. The van der Waals surface area contributed by atoms with Crippen LogP contribution in [0, 0.1) is 41.0 Å². The molecule has 0 radical (unpaired) electrons. The van der Waals surface area contributed by atoms with Gasteiger partial charge in [-0.3, -0.25) is 24.0 Å². The summed E-state index contributed by atoms with van der Waals surface area (Å²) in [5.74, 6) is -14.8. The van der Waals surface area contributed by atoms with Gasteiger partial charge < -0.3 is 37.0 Å². The summed E-state index contributed by atoms with van der Waals surface area (Å²) in [6.07, 6.45) is 0.825. The molecule has 2 aromatic rings. The van der Waals surface area contributed by atoms with Gasteiger partial charge in [0.15, 0.2) is 17.4 Å². The van der Waals surface area contributed by atoms with Gasteiger partial charge in [-0.2, -0.15) is 8.78 Å². The predicted octanol–water partition coefficient (Wildman–Crippen LogP) is 4.00. The first-order chi connectivity index (χ1) is 25.8. The maximum atomic E-state index is 14.6. The number of carbonyl (C=O) groups excluding carboxylic acids is 5. The quantitative estimate of drug-likeness (QED) is 0.0740. The number of halogens is 4. The normalized spacial score (nSPS) is 14.2. The number of benzene rings is 2. The lowest BCUT2D eigenvalue weighted by Crippen LogP contribution is -2.57. The summed E-state index contributed by atoms with van der Waals surface area (Å²) >= 11 is 0. The van der Waals surface area contributed by atoms with E-state index in [2.05, 4.69) is 31.9 Å². The van der Waals surface area contributed by atoms with E-state index in [9.17, 15) is 46.6 Å². The van der Waals surface area contributed by atoms with Gasteiger partial charge in [-0.05, 0) is 62.8 Å². The monoisotopic (exact) mass is 780 g/mol. The largest absolute Gasteiger partial charge is 0.503 e. The molecule has 55 heavy (non-hydrogen) atoms. The second kappa shape index (κ2) is 22.0. The van der Waals surface area contributed by atoms with Gasteiger partial charge in [0.25, 0.3) is 5.91 Å². The van der Waals surface area contributed by atoms with E-state index in [1.54, 1.807) is 27.7 Å². The molecule has 16 heteroatoms. The second-order valence-electron chi connectivity index (χ2n) is 14.8. The lowest BCUT2D eigenvalue weighted by atomic mass is 9.99. The lowest BCUT2D eigenvalue weighted by Gasteiger charge is -2.28. The summed E-state index contributed by atoms with van der Waals surface area (Å²) in [6, 6.07) is 4.41. The number of amides is 5. The van der Waals surface area contributed by atoms with Gasteiger partial charge in [0.1, 0.15) is 23.7 Å². The van der Waals surface area contributed by atoms with Crippen LogP contribution in [0.4, 0.5) is 17.6 Å². The van der Waals surface area contributed by atoms with Gasteiger partial charge in [0.05, 0.1) is 6.04 Å². The SMILES string of the molecule is CCNC(=O)[C@@H](NC(=O)[C@H](C)NC[C@H](CC(C)C)NC(=O)[C@H](CCc1ccccc1)NC(=O)[C@H](CC(C)C)NC(=O)c1c(F)c(F)c(O)c(F)c1F)C(C)C. The van der Waals surface area contributed by atoms with Crippen molar-refractivity contribution in [2.45, 2.75) is 111 Å². The number of likely N-dealkylation sites (N-methyl/N-ethyl adjacent to an activating group) is 1. The van der Waals surface area contributed by atoms with E-state index < -0.39 is 88.4 Å². The fourth-order valence-corrected chi connectivity index (χ4v) is 5.82. The van der Waals surface area contributed by atoms with Crippen LogP contribution in [0.5, 0.6) is 5.75 Å². The zero-order valence-corrected chi connectivity index (χ0v) is 32.7. The van der Waals surface area contributed by atoms with Crippen LogP contribution in [0.15, 0.2) is 30.3 Å². The smallest absolute Gasteiger partial charge is 0.258 e. The predicted molar refractivity (Wildman–Crippen MR) is 200 cm³/mol. The van der Waals surface area contributed by atoms with Crippen molar-refractivity contribution < 1.29 is 46.6 Å². The summed E-state index contributed by atoms with van der Waals surface area (Å²) < 4.78 is 57.3. The van der Waals surface area contributed by atoms with Crippen molar-refractivity contribution in [1.82, 2.24) is 31.9 Å². The van der Waals surface area contributed by atoms with Crippen LogP contribution in [-0.4, -0.2) is 77.9 Å². The molecule has 306 valence electrons. The molecule has 0 aromatic heterocycles. The van der Waals surface area contributed by atoms with E-state index in [0.29, 0.717) is 19.4 Å². The maximum Gasteiger partial charge on any atom is 0.258 e. The summed E-state index contributed by atoms with van der Waals surface area (Å²) in [7, 11) is 0. The van der Waals surface area contributed by atoms with Crippen molar-refractivity contribution in [3.63, 3.8) is 0 Å². The zero-order chi connectivity index (χ0) is 41.6. The standard InChI is InChI=1S/C39H56F4N6O6/c1-9-44-39(55)33(22(6)7)49-35(51)23(8)45-19-25(17-20(2)3)46-36(52)26(16-15-24-13-11-10-12-14-24)47-37(53)27(18-21(4)5)48-38(54)28-29(40)31(42)34(50)32(43)30(28)41/h10-14,20-23,25-27,33,45,50H,9,15-19H2,1-8H3,(H,44,55)(H,46,52)(H,47,53)(H,48,54)(H,49,51)/t23-,25-,26-,27-,33-/m0/s1. The third-order valence-electron chi connectivity index (χ3n) is 8.76. The van der Waals surface area contributed by atoms with Crippen LogP contribution < -0.4 is 31.9 Å². The first kappa shape index (κ1) is 46.4. The Balaban J connectivity index is 2.32. The molecule has 0 aliphatic heterocycles. The Morgan fingerprint density at radius 2 is 1.24 bits per heavy atom. The lowest BCUT2D eigenvalue weighted by molar-refractivity contribution is -0.131. The maximum absolute atomic E-state index is 14.6. The summed E-state index contributed by atoms with van der Waals surface area (Å²) in [5.41, 5.74) is -0.805. The van der Waals surface area contributed by atoms with Gasteiger partial charge in [0.2, 0.25) is 35.3 Å². The van der Waals surface area contributed by atoms with Gasteiger partial charge in [-0.25, -0.2) is 8.78 Å². The number of nitrogens with one attached hydrogen (secondary N) is 6. The van der Waals surface area contributed by atoms with Gasteiger partial charge in [-0.1, -0.05) is 71.9 Å². The minimum atomic E-state index is -2.17. The Kier molecular flexibility index (Phi) is 18.6. The summed E-state index contributed by atoms with van der Waals surface area (Å²) in [4.78, 5) is 66.2. The van der Waals surface area contributed by atoms with Crippen LogP contribution in [0.3, 0.4) is 0 Å². The van der Waals surface area contributed by atoms with Crippen molar-refractivity contribution in [2.75, 3.05) is 13.1 Å². The van der Waals surface area contributed by atoms with Crippen molar-refractivity contribution in [1.29, 1.82) is 0 Å². The number of phenols is 1. The summed E-state index contributed by atoms with van der Waals surface area (Å²) in [6.45, 7) is 14.9. The highest BCUT2D eigenvalue weighted by atomic mass is 19.2. The molecule has 5 atom stereocenters. The van der Waals surface area contributed by atoms with Crippen LogP contribution >= 0.6 is 0 Å². The van der Waals surface area contributed by atoms with E-state index in [1.165, 1.54) is 0 Å². The number of aromatic hydroxyl groups is 1. The molecule has 0 saturated carbocycles. The van der Waals surface area contributed by atoms with Crippen LogP contribution in [0.25, 0.3) is 0 Å². The number of carbonyl (C=O) groups is 5. The van der Waals surface area contributed by atoms with Crippen molar-refractivity contribution in [2.24, 2.45) is 17.8 Å². The molecule has 12 nitrogen and oxygen atoms in total. The minimum absolute atomic E-state index is 0.0888. The van der Waals surface area contributed by atoms with Gasteiger partial charge >= 0.3 is 0 Å². The molecule has 0 heterocycles. The average molecular weight is 781 g/mol. The third kappa shape index (κ3) is 14.1. The Bertz CT molecular complexity index is 1600. The first-order valence-electron chi connectivity index (χ1n) is 18.6. The topological polar surface area (TPSA) is 178 Å². The fraction of sp³-hybridized carbons (Fsp3) is 0.564. The second-order valence-corrected chi connectivity index (χ2v) is 14.8. The van der Waals surface area contributed by atoms with E-state index in [-0.39, 0.29) is 43.0 Å². The fourth-order valence-electron chi connectivity index (χ4n) is 5.82. The molecule has 0 bridgehead atoms. The molecule has 5 amide bonds. The Morgan fingerprint density at radius 3 is 1.76 bits per heavy atom. The van der Waals surface area contributed by atoms with E-state index in [4.69, 9.17) is 0 Å². The van der Waals surface area contributed by atoms with E-state index in [0.717, 1.165) is 5.56 Å². The molecular formula is C39H56F4N6O6. The van der Waals surface area contributed by atoms with Gasteiger partial charge in [0, 0.05) is 19.1 Å². The number of aryl methyl sites for hydroxylation is 1. The minimum Gasteiger partial charge on any atom is -0.503 e. The van der Waals surface area contributed by atoms with Crippen LogP contribution in [-0.2, 0) is 25.6 Å². The van der Waals surface area contributed by atoms with Crippen LogP contribution in [0.1, 0.15) is 90.6 Å². The van der Waals surface area contributed by atoms with Crippen molar-refractivity contribution in [3.05, 3.63) is 64.7 Å². The number of hydrogen-bond acceptors (Lipinski definition) is 7. The van der Waals surface area contributed by atoms with Crippen LogP contribution in [0.2, 0.25) is 0 Å². The molecule has 7 N–H and O–H groups in total. The number of hydrogen-bond donors (Lipinski definition) is 7. The highest BCUT2D eigenvalue weighted by molar-refractivity contribution is 5.99. The van der Waals surface area contributed by atoms with E-state index in [1.807, 2.05) is 58.0 Å². The molecule has 0 aliphatic carbocycles. The van der Waals surface area contributed by atoms with Crippen molar-refractivity contribution >= 4 is 29.5 Å². The molecule has 2 aromatic carbocycles. The molecule has 0 aliphatic rings.